The Morgan fingerprint density at radius 1 is 0.600 bits per heavy atom. The first kappa shape index (κ1) is 94.0. The van der Waals surface area contributed by atoms with E-state index in [0.29, 0.717) is 77.5 Å². The summed E-state index contributed by atoms with van der Waals surface area (Å²) in [6, 6.07) is 0. The van der Waals surface area contributed by atoms with E-state index in [4.69, 9.17) is 40.0 Å². The smallest absolute Gasteiger partial charge is 0.850 e. The molecule has 6 saturated heterocycles. The molecule has 0 saturated carbocycles. The molecule has 31 heteroatoms. The van der Waals surface area contributed by atoms with E-state index < -0.39 is 58.8 Å². The molecule has 6 rings (SSSR count). The standard InChI is InChI=1S/C11H21NO4.C11H19NO2.C10H17NO5.C10H17NO4.C10H17NO3.C6H13NO2.C4H9O.CH4O.CH4.2ClH.K/c1-11(2,3)16-10(15)12-5-4-8(6-12)9(14)7-13;1-5-9-6-7-12(8-9)10(13)14-11(2,3)4;1-16-10(15)4-9(14)11-3-2-7(5-11)8(13)6-12;1-7(12)8-3-4-11(6-8)9(13)5-10(14)15-2;1-10(2,3)14-9(13)11-5-4-8(6-11)7-12;8-4-6(9)5-1-2-7-3-5;1-4(2,3)5;1-2;;;;/h8-9,13-14H,4-7H2,1-3H3;5,9H,1,6-8H2,2-4H3;7-8,12-13H,2-6H2,1H3;7-8,12H,3-6H2,1-2H3;7-8H,4-6H2,1-3H3;5-9H,1-4H2;1-3H3;2H,1H3;1H4;2*1H;/q;;;;;;-1;;;;;+1/i;;;1D;;;;2T;1T;;;/hD. The van der Waals surface area contributed by atoms with Gasteiger partial charge in [-0.05, 0) is 120 Å². The first-order valence-corrected chi connectivity index (χ1v) is 31.0. The number of rotatable bonds is 13. The SMILES string of the molecule is C=CC1CCN(C(=O)OC(C)(C)C)C1.CC(C)(C)OC(=O)N1CCC(C(O)CO)C1.CC(C)(C)OC(=O)N1CCC(C=O)C1.CC(C)(C)[O-].COC(=O)CC(=O)N1CCC(C(O)CO)C1.Cl.OCC(O)C1CCNC1.[2H]CC(O)C1CCN(C(=O)CC(=O)OC)C1.[2H]Cl.[3H]C.[3H]OC.[K+]. The number of aliphatic hydroxyl groups is 8. The third kappa shape index (κ3) is 48.4. The molecule has 0 bridgehead atoms. The minimum atomic E-state index is -0.795. The molecule has 10 unspecified atom stereocenters. The number of aldehydes is 1. The van der Waals surface area contributed by atoms with Crippen molar-refractivity contribution in [1.82, 2.24) is 29.8 Å². The third-order valence-electron chi connectivity index (χ3n) is 14.2. The predicted molar refractivity (Wildman–Crippen MR) is 358 cm³/mol. The van der Waals surface area contributed by atoms with Crippen LogP contribution in [0.2, 0.25) is 0 Å². The monoisotopic (exact) mass is 1440 g/mol. The van der Waals surface area contributed by atoms with E-state index in [9.17, 15) is 58.8 Å². The Kier molecular flexibility index (Phi) is 52.3. The van der Waals surface area contributed by atoms with Gasteiger partial charge in [0.25, 0.3) is 0 Å². The predicted octanol–water partition coefficient (Wildman–Crippen LogP) is 0.185. The molecule has 0 aromatic carbocycles. The minimum Gasteiger partial charge on any atom is -0.850 e. The summed E-state index contributed by atoms with van der Waals surface area (Å²) in [5.41, 5.74) is -2.11. The number of aliphatic hydroxyl groups excluding tert-OH is 8. The molecule has 0 aromatic rings. The summed E-state index contributed by atoms with van der Waals surface area (Å²) in [7, 11) is 5.02. The second-order valence-corrected chi connectivity index (χ2v) is 26.8. The van der Waals surface area contributed by atoms with Gasteiger partial charge in [0, 0.05) is 111 Å². The molecule has 9 N–H and O–H groups in total. The fraction of sp³-hybridized carbons (Fsp3) is 0.844. The van der Waals surface area contributed by atoms with Crippen molar-refractivity contribution in [1.29, 1.82) is 2.60 Å². The van der Waals surface area contributed by atoms with Crippen LogP contribution in [0.25, 0.3) is 0 Å². The average Bonchev–Trinajstić information content (AvgIpc) is 1.77. The first-order chi connectivity index (χ1) is 45.1. The number of amides is 5. The number of nitrogens with zero attached hydrogens (tertiary/aromatic N) is 5. The van der Waals surface area contributed by atoms with E-state index in [1.807, 2.05) is 68.4 Å². The van der Waals surface area contributed by atoms with Crippen LogP contribution in [0, 0.1) is 35.5 Å². The van der Waals surface area contributed by atoms with Gasteiger partial charge in [-0.3, -0.25) is 19.2 Å². The maximum Gasteiger partial charge on any atom is 1.00 e. The molecule has 6 aliphatic heterocycles. The molecule has 28 nitrogen and oxygen atoms in total. The van der Waals surface area contributed by atoms with Crippen molar-refractivity contribution >= 4 is 73.0 Å². The van der Waals surface area contributed by atoms with E-state index in [2.05, 4.69) is 38.8 Å². The Labute approximate surface area is 626 Å². The largest absolute Gasteiger partial charge is 1.00 e. The van der Waals surface area contributed by atoms with Crippen molar-refractivity contribution in [3.05, 3.63) is 12.7 Å². The average molecular weight is 1440 g/mol. The summed E-state index contributed by atoms with van der Waals surface area (Å²) in [6.07, 6.45) is 3.48. The Morgan fingerprint density at radius 2 is 0.905 bits per heavy atom. The number of hydrogen-bond acceptors (Lipinski definition) is 23. The molecule has 6 fully saturated rings. The fourth-order valence-corrected chi connectivity index (χ4v) is 9.18. The summed E-state index contributed by atoms with van der Waals surface area (Å²) in [5, 5.41) is 80.2. The fourth-order valence-electron chi connectivity index (χ4n) is 9.18. The van der Waals surface area contributed by atoms with Crippen LogP contribution in [0.3, 0.4) is 0 Å². The number of carbonyl (C=O) groups excluding carboxylic acids is 8. The number of methoxy groups -OCH3 is 2. The Balaban J connectivity index is -0.000000254. The van der Waals surface area contributed by atoms with Crippen LogP contribution in [0.15, 0.2) is 12.7 Å². The van der Waals surface area contributed by atoms with Crippen LogP contribution in [-0.2, 0) is 47.7 Å². The van der Waals surface area contributed by atoms with Crippen LogP contribution < -0.4 is 61.8 Å². The number of carbonyl (C=O) groups is 8. The van der Waals surface area contributed by atoms with Gasteiger partial charge >= 0.3 is 81.6 Å². The molecule has 95 heavy (non-hydrogen) atoms. The number of ether oxygens (including phenoxy) is 5. The third-order valence-corrected chi connectivity index (χ3v) is 14.2. The topological polar surface area (TPSA) is 396 Å². The maximum absolute atomic E-state index is 11.7. The second kappa shape index (κ2) is 52.9. The zero-order valence-corrected chi connectivity index (χ0v) is 64.6. The van der Waals surface area contributed by atoms with Gasteiger partial charge in [-0.15, -0.1) is 36.9 Å². The molecule has 0 aromatic heterocycles. The molecular weight excluding hydrogens is 1310 g/mol. The Morgan fingerprint density at radius 3 is 1.20 bits per heavy atom. The number of hydrogen-bond donors (Lipinski definition) is 9. The van der Waals surface area contributed by atoms with Gasteiger partial charge in [0.05, 0.1) is 58.5 Å². The summed E-state index contributed by atoms with van der Waals surface area (Å²) < 4.78 is 48.2. The van der Waals surface area contributed by atoms with Gasteiger partial charge in [-0.1, -0.05) is 34.2 Å². The van der Waals surface area contributed by atoms with Crippen LogP contribution in [-0.4, -0.2) is 283 Å². The van der Waals surface area contributed by atoms with Crippen LogP contribution >= 0.6 is 24.7 Å². The van der Waals surface area contributed by atoms with Crippen LogP contribution in [0.4, 0.5) is 14.4 Å². The van der Waals surface area contributed by atoms with Crippen molar-refractivity contribution in [2.24, 2.45) is 35.5 Å². The normalized spacial score (nSPS) is 21.8. The molecule has 6 heterocycles. The maximum atomic E-state index is 11.7. The number of halogens is 2. The molecule has 10 atom stereocenters. The number of esters is 2. The van der Waals surface area contributed by atoms with Gasteiger partial charge in [0.15, 0.2) is 0 Å². The van der Waals surface area contributed by atoms with Crippen molar-refractivity contribution < 1.29 is 162 Å². The van der Waals surface area contributed by atoms with E-state index in [-0.39, 0.29) is 163 Å². The van der Waals surface area contributed by atoms with Gasteiger partial charge in [0.2, 0.25) is 13.2 Å². The summed E-state index contributed by atoms with van der Waals surface area (Å²) in [4.78, 5) is 98.1. The van der Waals surface area contributed by atoms with Crippen LogP contribution in [0.1, 0.15) is 151 Å². The summed E-state index contributed by atoms with van der Waals surface area (Å²) >= 11 is 3.89. The molecule has 0 aliphatic carbocycles. The van der Waals surface area contributed by atoms with Gasteiger partial charge in [-0.2, -0.15) is 0 Å². The second-order valence-electron chi connectivity index (χ2n) is 26.8. The van der Waals surface area contributed by atoms with Crippen molar-refractivity contribution in [2.45, 2.75) is 196 Å². The van der Waals surface area contributed by atoms with Gasteiger partial charge in [-0.25, -0.2) is 14.4 Å². The number of likely N-dealkylation sites (tertiary alicyclic amines) is 5. The first-order valence-electron chi connectivity index (χ1n) is 33.5. The van der Waals surface area contributed by atoms with E-state index >= 15 is 0 Å². The van der Waals surface area contributed by atoms with Crippen molar-refractivity contribution in [3.63, 3.8) is 0 Å². The molecule has 5 amide bonds. The van der Waals surface area contributed by atoms with Gasteiger partial charge < -0.3 is 104 Å². The molecule has 6 aliphatic rings. The Hall–Kier alpha value is -3.08. The van der Waals surface area contributed by atoms with E-state index in [0.717, 1.165) is 51.7 Å². The zero-order chi connectivity index (χ0) is 76.0. The zero-order valence-electron chi connectivity index (χ0n) is 63.9. The van der Waals surface area contributed by atoms with Crippen molar-refractivity contribution in [3.8, 4) is 0 Å². The molecular formula is C64H123Cl2KN6O22. The summed E-state index contributed by atoms with van der Waals surface area (Å²) in [6.45, 7) is 31.9. The quantitative estimate of drug-likeness (QED) is 0.0297. The van der Waals surface area contributed by atoms with Crippen molar-refractivity contribution in [2.75, 3.05) is 120 Å². The molecule has 0 radical (unpaired) electrons. The summed E-state index contributed by atoms with van der Waals surface area (Å²) in [5.74, 6) is -1.17. The molecule has 0 spiro atoms. The van der Waals surface area contributed by atoms with Gasteiger partial charge in [0.1, 0.15) is 37.1 Å². The number of nitrogens with one attached hydrogen (secondary N) is 1. The molecule has 556 valence electrons. The van der Waals surface area contributed by atoms with E-state index in [1.54, 1.807) is 40.4 Å². The van der Waals surface area contributed by atoms with E-state index in [1.165, 1.54) is 33.6 Å². The Bertz CT molecular complexity index is 2100. The van der Waals surface area contributed by atoms with Crippen LogP contribution in [0.5, 0.6) is 0 Å². The minimum absolute atomic E-state index is 0.